The van der Waals surface area contributed by atoms with Crippen molar-refractivity contribution in [1.29, 1.82) is 0 Å². The summed E-state index contributed by atoms with van der Waals surface area (Å²) in [5.74, 6) is 0.941. The third-order valence-corrected chi connectivity index (χ3v) is 4.47. The van der Waals surface area contributed by atoms with Crippen molar-refractivity contribution in [3.8, 4) is 0 Å². The topological polar surface area (TPSA) is 42.7 Å². The maximum absolute atomic E-state index is 6.15. The minimum atomic E-state index is 0.345. The Hall–Kier alpha value is -1.04. The van der Waals surface area contributed by atoms with Gasteiger partial charge in [0.2, 0.25) is 0 Å². The van der Waals surface area contributed by atoms with Crippen molar-refractivity contribution in [2.45, 2.75) is 17.4 Å². The zero-order valence-corrected chi connectivity index (χ0v) is 12.6. The van der Waals surface area contributed by atoms with Gasteiger partial charge in [-0.1, -0.05) is 28.9 Å². The number of hydrogen-bond acceptors (Lipinski definition) is 4. The molecule has 0 bridgehead atoms. The monoisotopic (exact) mass is 296 g/mol. The Labute approximate surface area is 122 Å². The highest BCUT2D eigenvalue weighted by Crippen LogP contribution is 2.27. The van der Waals surface area contributed by atoms with Gasteiger partial charge in [-0.15, -0.1) is 16.9 Å². The van der Waals surface area contributed by atoms with Gasteiger partial charge < -0.3 is 5.32 Å². The number of nitrogens with one attached hydrogen (secondary N) is 1. The molecule has 6 heteroatoms. The first kappa shape index (κ1) is 14.4. The van der Waals surface area contributed by atoms with Crippen LogP contribution < -0.4 is 5.32 Å². The van der Waals surface area contributed by atoms with E-state index < -0.39 is 0 Å². The van der Waals surface area contributed by atoms with Crippen molar-refractivity contribution in [3.05, 3.63) is 41.2 Å². The van der Waals surface area contributed by atoms with Crippen molar-refractivity contribution in [3.63, 3.8) is 0 Å². The van der Waals surface area contributed by atoms with E-state index in [2.05, 4.69) is 15.6 Å². The molecule has 0 radical (unpaired) electrons. The molecule has 0 saturated carbocycles. The minimum Gasteiger partial charge on any atom is -0.316 e. The fourth-order valence-corrected chi connectivity index (χ4v) is 3.08. The highest BCUT2D eigenvalue weighted by atomic mass is 35.5. The quantitative estimate of drug-likeness (QED) is 0.831. The van der Waals surface area contributed by atoms with Gasteiger partial charge >= 0.3 is 0 Å². The van der Waals surface area contributed by atoms with E-state index >= 15 is 0 Å². The standard InChI is InChI=1S/C13H17ClN4S/c1-15-11(7-10-8-18(2)17-16-10)9-19-13-6-4-3-5-12(13)14/h3-6,8,11,15H,7,9H2,1-2H3. The van der Waals surface area contributed by atoms with Crippen molar-refractivity contribution < 1.29 is 0 Å². The van der Waals surface area contributed by atoms with Crippen LogP contribution in [0.15, 0.2) is 35.4 Å². The molecule has 0 aliphatic rings. The van der Waals surface area contributed by atoms with Crippen LogP contribution in [0.4, 0.5) is 0 Å². The fourth-order valence-electron chi connectivity index (χ4n) is 1.74. The average Bonchev–Trinajstić information content (AvgIpc) is 2.81. The highest BCUT2D eigenvalue weighted by molar-refractivity contribution is 7.99. The molecule has 1 atom stereocenters. The van der Waals surface area contributed by atoms with Crippen LogP contribution in [0.2, 0.25) is 5.02 Å². The lowest BCUT2D eigenvalue weighted by molar-refractivity contribution is 0.607. The number of likely N-dealkylation sites (N-methyl/N-ethyl adjacent to an activating group) is 1. The zero-order valence-electron chi connectivity index (χ0n) is 11.0. The first-order valence-electron chi connectivity index (χ1n) is 6.09. The van der Waals surface area contributed by atoms with Crippen molar-refractivity contribution in [1.82, 2.24) is 20.3 Å². The summed E-state index contributed by atoms with van der Waals surface area (Å²) < 4.78 is 1.73. The van der Waals surface area contributed by atoms with Crippen molar-refractivity contribution in [2.75, 3.05) is 12.8 Å². The Bertz CT molecular complexity index is 529. The van der Waals surface area contributed by atoms with Gasteiger partial charge in [0.1, 0.15) is 0 Å². The lowest BCUT2D eigenvalue weighted by atomic mass is 10.2. The number of benzene rings is 1. The van der Waals surface area contributed by atoms with Gasteiger partial charge in [-0.3, -0.25) is 4.68 Å². The summed E-state index contributed by atoms with van der Waals surface area (Å²) in [6, 6.07) is 8.26. The van der Waals surface area contributed by atoms with E-state index in [1.165, 1.54) is 0 Å². The summed E-state index contributed by atoms with van der Waals surface area (Å²) in [6.07, 6.45) is 2.81. The molecule has 0 aliphatic carbocycles. The molecule has 2 rings (SSSR count). The lowest BCUT2D eigenvalue weighted by Crippen LogP contribution is -2.30. The average molecular weight is 297 g/mol. The van der Waals surface area contributed by atoms with Crippen LogP contribution in [0, 0.1) is 0 Å². The molecule has 0 fully saturated rings. The highest BCUT2D eigenvalue weighted by Gasteiger charge is 2.11. The van der Waals surface area contributed by atoms with Gasteiger partial charge in [-0.05, 0) is 19.2 Å². The molecule has 102 valence electrons. The summed E-state index contributed by atoms with van der Waals surface area (Å²) in [7, 11) is 3.84. The number of thioether (sulfide) groups is 1. The molecule has 1 aromatic heterocycles. The van der Waals surface area contributed by atoms with Crippen LogP contribution in [0.1, 0.15) is 5.69 Å². The summed E-state index contributed by atoms with van der Waals surface area (Å²) in [6.45, 7) is 0. The molecule has 0 saturated heterocycles. The molecule has 1 aromatic carbocycles. The van der Waals surface area contributed by atoms with Crippen LogP contribution in [0.25, 0.3) is 0 Å². The Morgan fingerprint density at radius 1 is 1.42 bits per heavy atom. The van der Waals surface area contributed by atoms with E-state index in [9.17, 15) is 0 Å². The zero-order chi connectivity index (χ0) is 13.7. The molecule has 2 aromatic rings. The molecule has 4 nitrogen and oxygen atoms in total. The van der Waals surface area contributed by atoms with E-state index in [4.69, 9.17) is 11.6 Å². The molecule has 0 amide bonds. The molecule has 19 heavy (non-hydrogen) atoms. The van der Waals surface area contributed by atoms with Crippen LogP contribution in [0.3, 0.4) is 0 Å². The number of hydrogen-bond donors (Lipinski definition) is 1. The predicted octanol–water partition coefficient (Wildman–Crippen LogP) is 2.39. The molecular weight excluding hydrogens is 280 g/mol. The lowest BCUT2D eigenvalue weighted by Gasteiger charge is -2.14. The number of rotatable bonds is 6. The van der Waals surface area contributed by atoms with Crippen LogP contribution in [0.5, 0.6) is 0 Å². The van der Waals surface area contributed by atoms with Gasteiger partial charge in [0.15, 0.2) is 0 Å². The Morgan fingerprint density at radius 2 is 2.21 bits per heavy atom. The van der Waals surface area contributed by atoms with Gasteiger partial charge in [-0.25, -0.2) is 0 Å². The first-order chi connectivity index (χ1) is 9.19. The van der Waals surface area contributed by atoms with Crippen LogP contribution >= 0.6 is 23.4 Å². The molecule has 1 unspecified atom stereocenters. The van der Waals surface area contributed by atoms with E-state index in [0.29, 0.717) is 6.04 Å². The fraction of sp³-hybridized carbons (Fsp3) is 0.385. The second-order valence-electron chi connectivity index (χ2n) is 4.31. The molecule has 0 aliphatic heterocycles. The normalized spacial score (nSPS) is 12.6. The number of nitrogens with zero attached hydrogens (tertiary/aromatic N) is 3. The summed E-state index contributed by atoms with van der Waals surface area (Å²) in [5.41, 5.74) is 1.00. The van der Waals surface area contributed by atoms with Gasteiger partial charge in [0.25, 0.3) is 0 Å². The Kier molecular flexibility index (Phi) is 5.24. The minimum absolute atomic E-state index is 0.345. The largest absolute Gasteiger partial charge is 0.316 e. The molecule has 1 heterocycles. The van der Waals surface area contributed by atoms with Gasteiger partial charge in [0.05, 0.1) is 10.7 Å². The smallest absolute Gasteiger partial charge is 0.0842 e. The Balaban J connectivity index is 1.91. The SMILES string of the molecule is CNC(CSc1ccccc1Cl)Cc1cn(C)nn1. The van der Waals surface area contributed by atoms with Gasteiger partial charge in [-0.2, -0.15) is 0 Å². The van der Waals surface area contributed by atoms with Crippen LogP contribution in [-0.4, -0.2) is 33.8 Å². The van der Waals surface area contributed by atoms with E-state index in [0.717, 1.165) is 27.8 Å². The summed E-state index contributed by atoms with van der Waals surface area (Å²) in [4.78, 5) is 1.11. The van der Waals surface area contributed by atoms with Crippen molar-refractivity contribution >= 4 is 23.4 Å². The summed E-state index contributed by atoms with van der Waals surface area (Å²) in [5, 5.41) is 12.2. The maximum atomic E-state index is 6.15. The number of aromatic nitrogens is 3. The van der Waals surface area contributed by atoms with Crippen LogP contribution in [-0.2, 0) is 13.5 Å². The first-order valence-corrected chi connectivity index (χ1v) is 7.45. The number of halogens is 1. The third-order valence-electron chi connectivity index (χ3n) is 2.79. The molecule has 0 spiro atoms. The predicted molar refractivity (Wildman–Crippen MR) is 79.7 cm³/mol. The molecular formula is C13H17ClN4S. The molecule has 1 N–H and O–H groups in total. The second kappa shape index (κ2) is 6.93. The van der Waals surface area contributed by atoms with Crippen molar-refractivity contribution in [2.24, 2.45) is 7.05 Å². The number of aryl methyl sites for hydroxylation is 1. The Morgan fingerprint density at radius 3 is 2.84 bits per heavy atom. The third kappa shape index (κ3) is 4.23. The van der Waals surface area contributed by atoms with E-state index in [1.54, 1.807) is 16.4 Å². The maximum Gasteiger partial charge on any atom is 0.0842 e. The van der Waals surface area contributed by atoms with E-state index in [1.807, 2.05) is 44.6 Å². The van der Waals surface area contributed by atoms with E-state index in [-0.39, 0.29) is 0 Å². The van der Waals surface area contributed by atoms with Gasteiger partial charge in [0, 0.05) is 36.4 Å². The summed E-state index contributed by atoms with van der Waals surface area (Å²) >= 11 is 7.90. The second-order valence-corrected chi connectivity index (χ2v) is 5.78.